The zero-order valence-electron chi connectivity index (χ0n) is 52.7. The molecule has 0 saturated carbocycles. The maximum absolute atomic E-state index is 14.5. The summed E-state index contributed by atoms with van der Waals surface area (Å²) in [6.45, 7) is 19.7. The third-order valence-electron chi connectivity index (χ3n) is 16.6. The molecule has 4 N–H and O–H groups in total. The minimum Gasteiger partial charge on any atom is -0.493 e. The molecule has 0 radical (unpaired) electrons. The van der Waals surface area contributed by atoms with E-state index in [-0.39, 0.29) is 101 Å². The molecule has 0 bridgehead atoms. The molecule has 0 aliphatic carbocycles. The van der Waals surface area contributed by atoms with Crippen molar-refractivity contribution in [3.05, 3.63) is 112 Å². The zero-order valence-corrected chi connectivity index (χ0v) is 52.7. The molecule has 0 spiro atoms. The van der Waals surface area contributed by atoms with Gasteiger partial charge >= 0.3 is 14.1 Å². The summed E-state index contributed by atoms with van der Waals surface area (Å²) in [5.41, 5.74) is 6.34. The summed E-state index contributed by atoms with van der Waals surface area (Å²) in [6, 6.07) is 11.8. The number of aryl methyl sites for hydroxylation is 1. The molecule has 9 rings (SSSR count). The topological polar surface area (TPSA) is 266 Å². The Morgan fingerprint density at radius 3 is 1.89 bits per heavy atom. The molecule has 3 aromatic rings. The van der Waals surface area contributed by atoms with Crippen LogP contribution in [0.3, 0.4) is 0 Å². The van der Waals surface area contributed by atoms with Crippen LogP contribution in [-0.4, -0.2) is 204 Å². The van der Waals surface area contributed by atoms with Gasteiger partial charge in [-0.3, -0.25) is 33.7 Å². The van der Waals surface area contributed by atoms with Gasteiger partial charge in [0.1, 0.15) is 25.2 Å². The third kappa shape index (κ3) is 17.3. The second-order valence-corrected chi connectivity index (χ2v) is 23.4. The van der Waals surface area contributed by atoms with Gasteiger partial charge in [0.2, 0.25) is 11.8 Å². The van der Waals surface area contributed by atoms with Crippen LogP contribution in [-0.2, 0) is 60.8 Å². The van der Waals surface area contributed by atoms with E-state index in [0.29, 0.717) is 128 Å². The van der Waals surface area contributed by atoms with E-state index >= 15 is 0 Å². The minimum atomic E-state index is -1.07. The normalized spacial score (nSPS) is 20.2. The van der Waals surface area contributed by atoms with Crippen molar-refractivity contribution in [2.75, 3.05) is 109 Å². The Morgan fingerprint density at radius 1 is 0.692 bits per heavy atom. The lowest BCUT2D eigenvalue weighted by Crippen LogP contribution is -2.56. The predicted octanol–water partition coefficient (Wildman–Crippen LogP) is 4.18. The first-order valence-corrected chi connectivity index (χ1v) is 31.2. The number of carbonyl (C=O) groups excluding carboxylic acids is 6. The molecule has 1 unspecified atom stereocenters. The lowest BCUT2D eigenvalue weighted by Gasteiger charge is -2.40. The summed E-state index contributed by atoms with van der Waals surface area (Å²) in [4.78, 5) is 84.9. The van der Waals surface area contributed by atoms with Gasteiger partial charge in [0, 0.05) is 92.9 Å². The number of carbonyl (C=O) groups is 6. The van der Waals surface area contributed by atoms with Gasteiger partial charge in [-0.25, -0.2) is 0 Å². The van der Waals surface area contributed by atoms with Gasteiger partial charge in [-0.05, 0) is 107 Å². The number of imide groups is 1. The Labute approximate surface area is 532 Å². The van der Waals surface area contributed by atoms with Crippen LogP contribution in [0.2, 0.25) is 13.6 Å². The van der Waals surface area contributed by atoms with Crippen molar-refractivity contribution < 1.29 is 81.4 Å². The Hall–Kier alpha value is -7.73. The Balaban J connectivity index is 0.808. The maximum atomic E-state index is 14.5. The molecule has 6 aliphatic rings. The van der Waals surface area contributed by atoms with Gasteiger partial charge in [-0.2, -0.15) is 0 Å². The molecule has 6 amide bonds. The number of methoxy groups -OCH3 is 1. The van der Waals surface area contributed by atoms with E-state index < -0.39 is 44.5 Å². The largest absolute Gasteiger partial charge is 0.493 e. The van der Waals surface area contributed by atoms with Crippen molar-refractivity contribution >= 4 is 60.9 Å². The molecule has 3 fully saturated rings. The van der Waals surface area contributed by atoms with Gasteiger partial charge in [0.05, 0.1) is 89.7 Å². The quantitative estimate of drug-likeness (QED) is 0.0240. The minimum absolute atomic E-state index is 0.0109. The fourth-order valence-corrected chi connectivity index (χ4v) is 12.2. The first-order valence-electron chi connectivity index (χ1n) is 31.2. The van der Waals surface area contributed by atoms with Gasteiger partial charge in [-0.15, -0.1) is 0 Å². The van der Waals surface area contributed by atoms with E-state index in [1.54, 1.807) is 47.6 Å². The molecule has 486 valence electrons. The average molecular weight is 1260 g/mol. The van der Waals surface area contributed by atoms with Crippen LogP contribution < -0.4 is 34.5 Å². The van der Waals surface area contributed by atoms with Gasteiger partial charge < -0.3 is 82.7 Å². The van der Waals surface area contributed by atoms with Crippen LogP contribution in [0.1, 0.15) is 94.8 Å². The average Bonchev–Trinajstić information content (AvgIpc) is 1.70. The fourth-order valence-electron chi connectivity index (χ4n) is 12.2. The molecule has 91 heavy (non-hydrogen) atoms. The molecule has 6 heterocycles. The van der Waals surface area contributed by atoms with Crippen LogP contribution in [0, 0.1) is 18.8 Å². The number of nitrogens with one attached hydrogen (secondary N) is 2. The summed E-state index contributed by atoms with van der Waals surface area (Å²) in [5, 5.41) is 28.3. The van der Waals surface area contributed by atoms with Crippen molar-refractivity contribution in [3.8, 4) is 29.1 Å². The molecular weight excluding hydrogens is 1170 g/mol. The Morgan fingerprint density at radius 2 is 1.26 bits per heavy atom. The van der Waals surface area contributed by atoms with Gasteiger partial charge in [0.25, 0.3) is 23.6 Å². The molecule has 0 aromatic heterocycles. The number of hydrogen-bond donors (Lipinski definition) is 4. The van der Waals surface area contributed by atoms with Crippen molar-refractivity contribution in [1.29, 1.82) is 0 Å². The maximum Gasteiger partial charge on any atom is 0.411 e. The lowest BCUT2D eigenvalue weighted by molar-refractivity contribution is -0.194. The van der Waals surface area contributed by atoms with Crippen LogP contribution in [0.5, 0.6) is 17.2 Å². The molecule has 3 saturated heterocycles. The molecule has 6 aliphatic heterocycles. The summed E-state index contributed by atoms with van der Waals surface area (Å²) < 4.78 is 53.9. The zero-order chi connectivity index (χ0) is 64.7. The summed E-state index contributed by atoms with van der Waals surface area (Å²) in [5.74, 6) is 5.64. The van der Waals surface area contributed by atoms with E-state index in [9.17, 15) is 38.8 Å². The highest BCUT2D eigenvalue weighted by atomic mass is 16.7. The van der Waals surface area contributed by atoms with E-state index in [0.717, 1.165) is 34.5 Å². The van der Waals surface area contributed by atoms with Crippen molar-refractivity contribution in [2.24, 2.45) is 0 Å². The first-order chi connectivity index (χ1) is 43.9. The number of amides is 6. The van der Waals surface area contributed by atoms with E-state index in [4.69, 9.17) is 42.6 Å². The van der Waals surface area contributed by atoms with Crippen molar-refractivity contribution in [3.63, 3.8) is 0 Å². The Kier molecular flexibility index (Phi) is 23.8. The van der Waals surface area contributed by atoms with Gasteiger partial charge in [0.15, 0.2) is 17.8 Å². The van der Waals surface area contributed by atoms with E-state index in [1.165, 1.54) is 19.3 Å². The predicted molar refractivity (Wildman–Crippen MR) is 338 cm³/mol. The number of ether oxygens (including phenoxy) is 9. The van der Waals surface area contributed by atoms with E-state index in [2.05, 4.69) is 35.6 Å². The molecule has 26 heteroatoms. The van der Waals surface area contributed by atoms with Crippen molar-refractivity contribution in [2.45, 2.75) is 116 Å². The number of hydrogen-bond acceptors (Lipinski definition) is 19. The number of benzene rings is 3. The number of nitrogens with zero attached hydrogens (tertiary/aromatic N) is 5. The van der Waals surface area contributed by atoms with Crippen LogP contribution in [0.15, 0.2) is 78.9 Å². The fraction of sp³-hybridized carbons (Fsp3) is 0.508. The molecular formula is C65H83B2N7O17. The monoisotopic (exact) mass is 1260 g/mol. The Bertz CT molecular complexity index is 3260. The van der Waals surface area contributed by atoms with Gasteiger partial charge in [-0.1, -0.05) is 36.1 Å². The van der Waals surface area contributed by atoms with Crippen LogP contribution in [0.4, 0.5) is 11.4 Å². The molecule has 3 aromatic carbocycles. The highest BCUT2D eigenvalue weighted by molar-refractivity contribution is 6.54. The summed E-state index contributed by atoms with van der Waals surface area (Å²) in [6.07, 6.45) is 4.89. The highest BCUT2D eigenvalue weighted by Crippen LogP contribution is 2.44. The number of fused-ring (bicyclic) bond motifs is 4. The molecule has 5 atom stereocenters. The standard InChI is InChI=1S/C65H83B2N7O17/c1-42-29-51-45(4)73(66(5)81)52-37-57(56(83-7)35-50(52)64(80)71(51)38-42)90-41-48-33-46(11-10-17-68-59(76)16-21-84-23-25-86-27-28-87-26-24-85-22-18-69-58(75)15-19-70-60(77)13-14-61(70)78)32-47(34-48)40-89-55-36-53-49(31-44(55)3)63(79)72-39-43(2)30-54(72)65(74(53)67(6)82)91-62-12-8-9-20-88-62/h13-14,31-37,45,51,54,62,65,81-82H,1-2,8-9,12,15-30,38-41H2,3-7H3,(H,68,76)(H,69,75)/t45-,51-,54-,62?,65-/m0/s1. The molecule has 24 nitrogen and oxygen atoms in total. The second kappa shape index (κ2) is 32.0. The third-order valence-corrected chi connectivity index (χ3v) is 16.6. The van der Waals surface area contributed by atoms with Crippen LogP contribution >= 0.6 is 0 Å². The second-order valence-electron chi connectivity index (χ2n) is 23.4. The lowest BCUT2D eigenvalue weighted by atomic mass is 9.80. The summed E-state index contributed by atoms with van der Waals surface area (Å²) >= 11 is 0. The SMILES string of the molecule is C=C1C[C@H]2[C@H](C)N(B(C)O)c3cc(OCc4cc(C#CCNC(=O)CCOCCOCCOCCOCCNC(=O)CCN5C(=O)C=CC5=O)cc(COc5cc6c(cc5C)C(=O)N5CC(=C)C[C@H]5[C@H](OC5CCCCO5)N6B(C)O)c4)c(OC)cc3C(=O)N2C1. The van der Waals surface area contributed by atoms with Crippen LogP contribution in [0.25, 0.3) is 0 Å². The highest BCUT2D eigenvalue weighted by Gasteiger charge is 2.48. The number of anilines is 2. The smallest absolute Gasteiger partial charge is 0.411 e. The van der Waals surface area contributed by atoms with Crippen molar-refractivity contribution in [1.82, 2.24) is 25.3 Å². The van der Waals surface area contributed by atoms with E-state index in [1.807, 2.05) is 41.8 Å². The number of rotatable bonds is 30. The first kappa shape index (κ1) is 67.7. The summed E-state index contributed by atoms with van der Waals surface area (Å²) in [7, 11) is -0.501.